The Morgan fingerprint density at radius 3 is 2.53 bits per heavy atom. The molecule has 2 aliphatic rings. The summed E-state index contributed by atoms with van der Waals surface area (Å²) >= 11 is 6.09. The van der Waals surface area contributed by atoms with E-state index in [1.807, 2.05) is 47.4 Å². The van der Waals surface area contributed by atoms with Gasteiger partial charge in [0, 0.05) is 55.4 Å². The van der Waals surface area contributed by atoms with Crippen LogP contribution in [0.25, 0.3) is 0 Å². The first-order chi connectivity index (χ1) is 16.5. The average molecular weight is 476 g/mol. The third-order valence-electron chi connectivity index (χ3n) is 6.27. The third kappa shape index (κ3) is 5.08. The molecule has 2 amide bonds. The summed E-state index contributed by atoms with van der Waals surface area (Å²) in [5.74, 6) is 0.513. The molecular formula is C27H26ClN3O3. The molecule has 0 spiro atoms. The predicted octanol–water partition coefficient (Wildman–Crippen LogP) is 4.24. The SMILES string of the molecule is O=C(Nc1cccc(C(=O)N2CCN(Cc3cccc(Cl)c3)CC2)c1)C1Cc2ccccc2O1. The number of halogens is 1. The van der Waals surface area contributed by atoms with Crippen LogP contribution in [0.15, 0.2) is 72.8 Å². The number of carbonyl (C=O) groups excluding carboxylic acids is 2. The fraction of sp³-hybridized carbons (Fsp3) is 0.259. The highest BCUT2D eigenvalue weighted by Crippen LogP contribution is 2.28. The molecule has 1 N–H and O–H groups in total. The number of para-hydroxylation sites is 1. The van der Waals surface area contributed by atoms with E-state index in [2.05, 4.69) is 16.3 Å². The van der Waals surface area contributed by atoms with E-state index in [1.165, 1.54) is 5.56 Å². The number of carbonyl (C=O) groups is 2. The second-order valence-corrected chi connectivity index (χ2v) is 9.12. The highest BCUT2D eigenvalue weighted by molar-refractivity contribution is 6.30. The summed E-state index contributed by atoms with van der Waals surface area (Å²) in [6.45, 7) is 3.73. The molecule has 3 aromatic rings. The summed E-state index contributed by atoms with van der Waals surface area (Å²) in [6.07, 6.45) is -0.0237. The van der Waals surface area contributed by atoms with Crippen molar-refractivity contribution in [3.05, 3.63) is 94.5 Å². The molecule has 0 aromatic heterocycles. The Morgan fingerprint density at radius 2 is 1.74 bits per heavy atom. The quantitative estimate of drug-likeness (QED) is 0.599. The van der Waals surface area contributed by atoms with Gasteiger partial charge in [-0.05, 0) is 47.5 Å². The Kier molecular flexibility index (Phi) is 6.52. The molecule has 0 saturated carbocycles. The minimum atomic E-state index is -0.565. The Morgan fingerprint density at radius 1 is 0.941 bits per heavy atom. The molecule has 5 rings (SSSR count). The first kappa shape index (κ1) is 22.4. The Labute approximate surface area is 204 Å². The van der Waals surface area contributed by atoms with Crippen molar-refractivity contribution in [3.8, 4) is 5.75 Å². The highest BCUT2D eigenvalue weighted by Gasteiger charge is 2.29. The van der Waals surface area contributed by atoms with Gasteiger partial charge in [0.25, 0.3) is 11.8 Å². The largest absolute Gasteiger partial charge is 0.480 e. The molecule has 3 aromatic carbocycles. The number of amides is 2. The maximum atomic E-state index is 13.1. The van der Waals surface area contributed by atoms with Gasteiger partial charge in [0.1, 0.15) is 5.75 Å². The van der Waals surface area contributed by atoms with Crippen LogP contribution in [-0.2, 0) is 17.8 Å². The molecule has 2 aliphatic heterocycles. The topological polar surface area (TPSA) is 61.9 Å². The highest BCUT2D eigenvalue weighted by atomic mass is 35.5. The van der Waals surface area contributed by atoms with Gasteiger partial charge in [-0.3, -0.25) is 14.5 Å². The summed E-state index contributed by atoms with van der Waals surface area (Å²) in [5, 5.41) is 3.64. The number of hydrogen-bond donors (Lipinski definition) is 1. The van der Waals surface area contributed by atoms with Crippen molar-refractivity contribution in [2.45, 2.75) is 19.1 Å². The van der Waals surface area contributed by atoms with E-state index in [-0.39, 0.29) is 11.8 Å². The fourth-order valence-corrected chi connectivity index (χ4v) is 4.68. The molecule has 2 heterocycles. The number of hydrogen-bond acceptors (Lipinski definition) is 4. The summed E-state index contributed by atoms with van der Waals surface area (Å²) < 4.78 is 5.77. The van der Waals surface area contributed by atoms with Gasteiger partial charge >= 0.3 is 0 Å². The fourth-order valence-electron chi connectivity index (χ4n) is 4.47. The number of ether oxygens (including phenoxy) is 1. The van der Waals surface area contributed by atoms with Crippen LogP contribution >= 0.6 is 11.6 Å². The standard InChI is InChI=1S/C27H26ClN3O3/c28-22-8-3-5-19(15-22)18-30-11-13-31(14-12-30)27(33)21-7-4-9-23(16-21)29-26(32)25-17-20-6-1-2-10-24(20)34-25/h1-10,15-16,25H,11-14,17-18H2,(H,29,32). The maximum absolute atomic E-state index is 13.1. The lowest BCUT2D eigenvalue weighted by atomic mass is 10.1. The molecule has 6 nitrogen and oxygen atoms in total. The van der Waals surface area contributed by atoms with Gasteiger partial charge in [-0.1, -0.05) is 48.0 Å². The molecular weight excluding hydrogens is 450 g/mol. The smallest absolute Gasteiger partial charge is 0.265 e. The lowest BCUT2D eigenvalue weighted by Crippen LogP contribution is -2.48. The van der Waals surface area contributed by atoms with Crippen LogP contribution < -0.4 is 10.1 Å². The Hall–Kier alpha value is -3.35. The monoisotopic (exact) mass is 475 g/mol. The number of anilines is 1. The van der Waals surface area contributed by atoms with Crippen molar-refractivity contribution in [2.75, 3.05) is 31.5 Å². The van der Waals surface area contributed by atoms with Crippen LogP contribution in [0.2, 0.25) is 5.02 Å². The van der Waals surface area contributed by atoms with Crippen LogP contribution in [0, 0.1) is 0 Å². The zero-order valence-corrected chi connectivity index (χ0v) is 19.5. The summed E-state index contributed by atoms with van der Waals surface area (Å²) in [7, 11) is 0. The molecule has 0 bridgehead atoms. The van der Waals surface area contributed by atoms with Gasteiger partial charge in [0.15, 0.2) is 6.10 Å². The minimum Gasteiger partial charge on any atom is -0.480 e. The molecule has 1 fully saturated rings. The van der Waals surface area contributed by atoms with Crippen LogP contribution in [0.5, 0.6) is 5.75 Å². The van der Waals surface area contributed by atoms with Crippen molar-refractivity contribution in [3.63, 3.8) is 0 Å². The normalized spacial score (nSPS) is 17.7. The molecule has 7 heteroatoms. The number of piperazine rings is 1. The van der Waals surface area contributed by atoms with Gasteiger partial charge in [-0.25, -0.2) is 0 Å². The molecule has 174 valence electrons. The van der Waals surface area contributed by atoms with Crippen LogP contribution in [0.3, 0.4) is 0 Å². The van der Waals surface area contributed by atoms with Gasteiger partial charge in [0.2, 0.25) is 0 Å². The van der Waals surface area contributed by atoms with Crippen molar-refractivity contribution < 1.29 is 14.3 Å². The lowest BCUT2D eigenvalue weighted by molar-refractivity contribution is -0.122. The Bertz CT molecular complexity index is 1180. The number of fused-ring (bicyclic) bond motifs is 1. The molecule has 1 unspecified atom stereocenters. The second kappa shape index (κ2) is 9.87. The zero-order chi connectivity index (χ0) is 23.5. The molecule has 1 atom stereocenters. The number of nitrogens with zero attached hydrogens (tertiary/aromatic N) is 2. The first-order valence-electron chi connectivity index (χ1n) is 11.5. The van der Waals surface area contributed by atoms with E-state index < -0.39 is 6.10 Å². The zero-order valence-electron chi connectivity index (χ0n) is 18.7. The summed E-state index contributed by atoms with van der Waals surface area (Å²) in [4.78, 5) is 30.0. The van der Waals surface area contributed by atoms with E-state index in [9.17, 15) is 9.59 Å². The van der Waals surface area contributed by atoms with E-state index in [4.69, 9.17) is 16.3 Å². The number of benzene rings is 3. The Balaban J connectivity index is 1.16. The predicted molar refractivity (Wildman–Crippen MR) is 132 cm³/mol. The van der Waals surface area contributed by atoms with Crippen molar-refractivity contribution in [2.24, 2.45) is 0 Å². The molecule has 0 radical (unpaired) electrons. The van der Waals surface area contributed by atoms with Crippen LogP contribution in [0.4, 0.5) is 5.69 Å². The van der Waals surface area contributed by atoms with Gasteiger partial charge < -0.3 is 15.0 Å². The third-order valence-corrected chi connectivity index (χ3v) is 6.51. The van der Waals surface area contributed by atoms with Crippen molar-refractivity contribution in [1.29, 1.82) is 0 Å². The minimum absolute atomic E-state index is 0.0250. The summed E-state index contributed by atoms with van der Waals surface area (Å²) in [5.41, 5.74) is 3.36. The van der Waals surface area contributed by atoms with Crippen LogP contribution in [0.1, 0.15) is 21.5 Å². The molecule has 0 aliphatic carbocycles. The molecule has 34 heavy (non-hydrogen) atoms. The number of rotatable bonds is 5. The maximum Gasteiger partial charge on any atom is 0.265 e. The van der Waals surface area contributed by atoms with Gasteiger partial charge in [-0.15, -0.1) is 0 Å². The first-order valence-corrected chi connectivity index (χ1v) is 11.8. The van der Waals surface area contributed by atoms with Crippen molar-refractivity contribution in [1.82, 2.24) is 9.80 Å². The van der Waals surface area contributed by atoms with E-state index >= 15 is 0 Å². The van der Waals surface area contributed by atoms with E-state index in [1.54, 1.807) is 24.3 Å². The van der Waals surface area contributed by atoms with E-state index in [0.29, 0.717) is 30.8 Å². The van der Waals surface area contributed by atoms with Crippen molar-refractivity contribution >= 4 is 29.1 Å². The van der Waals surface area contributed by atoms with Crippen LogP contribution in [-0.4, -0.2) is 53.9 Å². The van der Waals surface area contributed by atoms with E-state index in [0.717, 1.165) is 36.0 Å². The average Bonchev–Trinajstić information content (AvgIpc) is 3.29. The molecule has 1 saturated heterocycles. The lowest BCUT2D eigenvalue weighted by Gasteiger charge is -2.35. The number of nitrogens with one attached hydrogen (secondary N) is 1. The van der Waals surface area contributed by atoms with Gasteiger partial charge in [-0.2, -0.15) is 0 Å². The summed E-state index contributed by atoms with van der Waals surface area (Å²) in [6, 6.07) is 22.7. The van der Waals surface area contributed by atoms with Gasteiger partial charge in [0.05, 0.1) is 0 Å². The second-order valence-electron chi connectivity index (χ2n) is 8.69.